The van der Waals surface area contributed by atoms with Crippen LogP contribution >= 0.6 is 0 Å². The van der Waals surface area contributed by atoms with E-state index in [0.29, 0.717) is 11.8 Å². The third kappa shape index (κ3) is 16.1. The molecule has 0 saturated carbocycles. The fraction of sp³-hybridized carbons (Fsp3) is 0.640. The molecule has 0 rings (SSSR count). The van der Waals surface area contributed by atoms with Gasteiger partial charge in [0, 0.05) is 6.42 Å². The maximum Gasteiger partial charge on any atom is 0.129 e. The number of carbonyl (C=O) groups excluding carboxylic acids is 1. The maximum absolute atomic E-state index is 11.1. The van der Waals surface area contributed by atoms with E-state index in [1.807, 2.05) is 0 Å². The van der Waals surface area contributed by atoms with Crippen LogP contribution in [-0.2, 0) is 4.79 Å². The first-order valence-electron chi connectivity index (χ1n) is 10.3. The van der Waals surface area contributed by atoms with Crippen molar-refractivity contribution in [3.8, 4) is 0 Å². The van der Waals surface area contributed by atoms with E-state index in [-0.39, 0.29) is 11.2 Å². The van der Waals surface area contributed by atoms with Gasteiger partial charge in [0.1, 0.15) is 5.78 Å². The number of Topliss-reactive ketones (excluding diaryl/α,β-unsaturated/α-hetero) is 1. The van der Waals surface area contributed by atoms with E-state index in [1.54, 1.807) is 6.92 Å². The molecular formula is C25H42O. The fourth-order valence-electron chi connectivity index (χ4n) is 2.69. The first-order valence-corrected chi connectivity index (χ1v) is 10.3. The van der Waals surface area contributed by atoms with Crippen LogP contribution in [0.4, 0.5) is 0 Å². The molecule has 148 valence electrons. The molecule has 0 spiro atoms. The quantitative estimate of drug-likeness (QED) is 0.287. The van der Waals surface area contributed by atoms with Crippen LogP contribution < -0.4 is 0 Å². The standard InChI is InChI=1S/C25H42O/c1-7-8-19-24(3,4)20-16-14-12-10-9-11-13-15-17-21-25(5,6)22-18-23(2)26/h10-13,16-17,20-21H,7-9,14-15,18-19,22H2,1-6H3/b12-10-,13-11-,20-16-,21-17-. The van der Waals surface area contributed by atoms with Crippen molar-refractivity contribution in [1.29, 1.82) is 0 Å². The van der Waals surface area contributed by atoms with Crippen molar-refractivity contribution in [3.05, 3.63) is 48.6 Å². The van der Waals surface area contributed by atoms with Crippen LogP contribution in [0.2, 0.25) is 0 Å². The molecule has 0 aliphatic rings. The predicted molar refractivity (Wildman–Crippen MR) is 117 cm³/mol. The van der Waals surface area contributed by atoms with Gasteiger partial charge in [0.15, 0.2) is 0 Å². The van der Waals surface area contributed by atoms with E-state index in [1.165, 1.54) is 19.3 Å². The van der Waals surface area contributed by atoms with E-state index < -0.39 is 0 Å². The summed E-state index contributed by atoms with van der Waals surface area (Å²) in [4.78, 5) is 11.1. The van der Waals surface area contributed by atoms with Gasteiger partial charge in [-0.05, 0) is 49.9 Å². The van der Waals surface area contributed by atoms with Gasteiger partial charge in [-0.3, -0.25) is 0 Å². The number of unbranched alkanes of at least 4 members (excludes halogenated alkanes) is 1. The van der Waals surface area contributed by atoms with Crippen molar-refractivity contribution in [1.82, 2.24) is 0 Å². The number of carbonyl (C=O) groups is 1. The minimum Gasteiger partial charge on any atom is -0.300 e. The van der Waals surface area contributed by atoms with E-state index >= 15 is 0 Å². The zero-order chi connectivity index (χ0) is 19.9. The van der Waals surface area contributed by atoms with Gasteiger partial charge in [-0.2, -0.15) is 0 Å². The van der Waals surface area contributed by atoms with Crippen LogP contribution in [0.1, 0.15) is 92.9 Å². The molecule has 0 saturated heterocycles. The highest BCUT2D eigenvalue weighted by molar-refractivity contribution is 5.75. The third-order valence-electron chi connectivity index (χ3n) is 4.58. The highest BCUT2D eigenvalue weighted by Crippen LogP contribution is 2.25. The van der Waals surface area contributed by atoms with Crippen molar-refractivity contribution in [2.24, 2.45) is 10.8 Å². The van der Waals surface area contributed by atoms with Crippen molar-refractivity contribution in [2.45, 2.75) is 92.9 Å². The molecule has 0 heterocycles. The first-order chi connectivity index (χ1) is 12.2. The van der Waals surface area contributed by atoms with E-state index in [9.17, 15) is 4.79 Å². The topological polar surface area (TPSA) is 17.1 Å². The van der Waals surface area contributed by atoms with Crippen molar-refractivity contribution >= 4 is 5.78 Å². The molecule has 0 radical (unpaired) electrons. The normalized spacial score (nSPS) is 13.8. The van der Waals surface area contributed by atoms with Gasteiger partial charge in [0.05, 0.1) is 0 Å². The minimum absolute atomic E-state index is 0.108. The Balaban J connectivity index is 3.94. The number of hydrogen-bond acceptors (Lipinski definition) is 1. The summed E-state index contributed by atoms with van der Waals surface area (Å²) in [6.45, 7) is 12.9. The molecule has 0 aliphatic heterocycles. The van der Waals surface area contributed by atoms with Gasteiger partial charge < -0.3 is 4.79 Å². The Hall–Kier alpha value is -1.37. The number of allylic oxidation sites excluding steroid dienone is 8. The summed E-state index contributed by atoms with van der Waals surface area (Å²) in [6.07, 6.45) is 26.4. The Kier molecular flexibility index (Phi) is 13.1. The Morgan fingerprint density at radius 3 is 1.58 bits per heavy atom. The molecule has 0 aromatic carbocycles. The van der Waals surface area contributed by atoms with Crippen LogP contribution in [0.15, 0.2) is 48.6 Å². The van der Waals surface area contributed by atoms with Crippen molar-refractivity contribution < 1.29 is 4.79 Å². The van der Waals surface area contributed by atoms with Gasteiger partial charge in [-0.1, -0.05) is 96.1 Å². The van der Waals surface area contributed by atoms with Gasteiger partial charge in [-0.15, -0.1) is 0 Å². The molecule has 0 bridgehead atoms. The smallest absolute Gasteiger partial charge is 0.129 e. The average Bonchev–Trinajstić information content (AvgIpc) is 2.56. The highest BCUT2D eigenvalue weighted by Gasteiger charge is 2.13. The molecule has 0 amide bonds. The van der Waals surface area contributed by atoms with Gasteiger partial charge >= 0.3 is 0 Å². The lowest BCUT2D eigenvalue weighted by molar-refractivity contribution is -0.117. The molecule has 0 atom stereocenters. The molecule has 0 unspecified atom stereocenters. The summed E-state index contributed by atoms with van der Waals surface area (Å²) in [5.74, 6) is 0.275. The SMILES string of the molecule is CCCCC(C)(C)/C=C\C/C=C\C/C=C\C/C=C\C(C)(C)CCC(C)=O. The van der Waals surface area contributed by atoms with Crippen LogP contribution in [0.25, 0.3) is 0 Å². The number of hydrogen-bond donors (Lipinski definition) is 0. The Bertz CT molecular complexity index is 486. The minimum atomic E-state index is 0.108. The van der Waals surface area contributed by atoms with Gasteiger partial charge in [0.25, 0.3) is 0 Å². The molecule has 0 aliphatic carbocycles. The second-order valence-corrected chi connectivity index (χ2v) is 8.74. The van der Waals surface area contributed by atoms with E-state index in [4.69, 9.17) is 0 Å². The van der Waals surface area contributed by atoms with Crippen LogP contribution in [0.3, 0.4) is 0 Å². The predicted octanol–water partition coefficient (Wildman–Crippen LogP) is 7.99. The lowest BCUT2D eigenvalue weighted by Crippen LogP contribution is -2.09. The largest absolute Gasteiger partial charge is 0.300 e. The Labute approximate surface area is 163 Å². The summed E-state index contributed by atoms with van der Waals surface area (Å²) in [5.41, 5.74) is 0.435. The molecule has 0 aromatic heterocycles. The zero-order valence-electron chi connectivity index (χ0n) is 18.2. The molecule has 26 heavy (non-hydrogen) atoms. The maximum atomic E-state index is 11.1. The summed E-state index contributed by atoms with van der Waals surface area (Å²) < 4.78 is 0. The van der Waals surface area contributed by atoms with Crippen molar-refractivity contribution in [2.75, 3.05) is 0 Å². The lowest BCUT2D eigenvalue weighted by atomic mass is 9.86. The lowest BCUT2D eigenvalue weighted by Gasteiger charge is -2.19. The first kappa shape index (κ1) is 24.6. The Morgan fingerprint density at radius 2 is 1.15 bits per heavy atom. The second-order valence-electron chi connectivity index (χ2n) is 8.74. The van der Waals surface area contributed by atoms with Crippen molar-refractivity contribution in [3.63, 3.8) is 0 Å². The van der Waals surface area contributed by atoms with E-state index in [2.05, 4.69) is 83.2 Å². The number of ketones is 1. The second kappa shape index (κ2) is 13.8. The van der Waals surface area contributed by atoms with E-state index in [0.717, 1.165) is 25.7 Å². The summed E-state index contributed by atoms with van der Waals surface area (Å²) >= 11 is 0. The molecule has 1 heteroatoms. The Morgan fingerprint density at radius 1 is 0.731 bits per heavy atom. The molecule has 1 nitrogen and oxygen atoms in total. The third-order valence-corrected chi connectivity index (χ3v) is 4.58. The average molecular weight is 359 g/mol. The van der Waals surface area contributed by atoms with Gasteiger partial charge in [0.2, 0.25) is 0 Å². The van der Waals surface area contributed by atoms with Crippen LogP contribution in [0, 0.1) is 10.8 Å². The van der Waals surface area contributed by atoms with Crippen LogP contribution in [-0.4, -0.2) is 5.78 Å². The summed E-state index contributed by atoms with van der Waals surface area (Å²) in [7, 11) is 0. The molecule has 0 aromatic rings. The van der Waals surface area contributed by atoms with Gasteiger partial charge in [-0.25, -0.2) is 0 Å². The molecule has 0 N–H and O–H groups in total. The van der Waals surface area contributed by atoms with Crippen LogP contribution in [0.5, 0.6) is 0 Å². The number of rotatable bonds is 14. The summed E-state index contributed by atoms with van der Waals surface area (Å²) in [5, 5.41) is 0. The monoisotopic (exact) mass is 358 g/mol. The highest BCUT2D eigenvalue weighted by atomic mass is 16.1. The molecule has 0 fully saturated rings. The summed E-state index contributed by atoms with van der Waals surface area (Å²) in [6, 6.07) is 0. The molecular weight excluding hydrogens is 316 g/mol. The fourth-order valence-corrected chi connectivity index (χ4v) is 2.69. The zero-order valence-corrected chi connectivity index (χ0v) is 18.2.